The van der Waals surface area contributed by atoms with Gasteiger partial charge in [-0.15, -0.1) is 11.8 Å². The minimum atomic E-state index is 0.145. The van der Waals surface area contributed by atoms with Gasteiger partial charge in [0.15, 0.2) is 0 Å². The number of rotatable bonds is 4. The van der Waals surface area contributed by atoms with E-state index >= 15 is 0 Å². The average molecular weight is 362 g/mol. The third-order valence-corrected chi connectivity index (χ3v) is 6.89. The molecule has 1 atom stereocenters. The summed E-state index contributed by atoms with van der Waals surface area (Å²) in [5.41, 5.74) is 1.57. The molecule has 5 heteroatoms. The number of hydrogen-bond donors (Lipinski definition) is 0. The van der Waals surface area contributed by atoms with Gasteiger partial charge in [0.25, 0.3) is 0 Å². The van der Waals surface area contributed by atoms with Gasteiger partial charge < -0.3 is 4.90 Å². The second-order valence-corrected chi connectivity index (χ2v) is 8.24. The number of amides is 1. The van der Waals surface area contributed by atoms with Crippen molar-refractivity contribution in [3.8, 4) is 0 Å². The van der Waals surface area contributed by atoms with E-state index < -0.39 is 0 Å². The number of carbonyl (C=O) groups excluding carboxylic acids is 1. The van der Waals surface area contributed by atoms with Crippen LogP contribution < -0.4 is 0 Å². The lowest BCUT2D eigenvalue weighted by Gasteiger charge is -2.49. The quantitative estimate of drug-likeness (QED) is 0.771. The molecule has 3 rings (SSSR count). The van der Waals surface area contributed by atoms with Gasteiger partial charge in [0.1, 0.15) is 0 Å². The van der Waals surface area contributed by atoms with Gasteiger partial charge in [-0.1, -0.05) is 18.2 Å². The standard InChI is InChI=1S/C20H31N3OS/c1-4-23-12-11-20(10-9-19(23)24)16-22(14-13-21(20)2)15-17-7-5-6-8-18(17)25-3/h5-8H,4,9-16H2,1-3H3/t20-/m1/s1. The van der Waals surface area contributed by atoms with Crippen molar-refractivity contribution in [3.05, 3.63) is 29.8 Å². The molecule has 0 unspecified atom stereocenters. The Hall–Kier alpha value is -1.04. The first-order valence-corrected chi connectivity index (χ1v) is 10.6. The van der Waals surface area contributed by atoms with Crippen LogP contribution in [0.3, 0.4) is 0 Å². The predicted molar refractivity (Wildman–Crippen MR) is 105 cm³/mol. The van der Waals surface area contributed by atoms with E-state index in [0.29, 0.717) is 12.3 Å². The summed E-state index contributed by atoms with van der Waals surface area (Å²) >= 11 is 1.83. The summed E-state index contributed by atoms with van der Waals surface area (Å²) in [7, 11) is 2.25. The van der Waals surface area contributed by atoms with Crippen LogP contribution in [0, 0.1) is 0 Å². The van der Waals surface area contributed by atoms with Crippen LogP contribution in [0.1, 0.15) is 31.7 Å². The van der Waals surface area contributed by atoms with Crippen molar-refractivity contribution in [2.24, 2.45) is 0 Å². The molecule has 2 aliphatic rings. The Balaban J connectivity index is 1.74. The maximum Gasteiger partial charge on any atom is 0.222 e. The number of thioether (sulfide) groups is 1. The Bertz CT molecular complexity index is 608. The van der Waals surface area contributed by atoms with E-state index in [4.69, 9.17) is 0 Å². The molecule has 2 saturated heterocycles. The highest BCUT2D eigenvalue weighted by Crippen LogP contribution is 2.33. The molecule has 0 saturated carbocycles. The Morgan fingerprint density at radius 3 is 2.72 bits per heavy atom. The van der Waals surface area contributed by atoms with E-state index in [1.54, 1.807) is 0 Å². The second-order valence-electron chi connectivity index (χ2n) is 7.39. The highest BCUT2D eigenvalue weighted by Gasteiger charge is 2.42. The summed E-state index contributed by atoms with van der Waals surface area (Å²) in [5.74, 6) is 0.331. The molecule has 1 spiro atoms. The Morgan fingerprint density at radius 2 is 1.96 bits per heavy atom. The van der Waals surface area contributed by atoms with Gasteiger partial charge in [0.05, 0.1) is 0 Å². The number of hydrogen-bond acceptors (Lipinski definition) is 4. The summed E-state index contributed by atoms with van der Waals surface area (Å²) in [5, 5.41) is 0. The fourth-order valence-corrected chi connectivity index (χ4v) is 4.93. The van der Waals surface area contributed by atoms with Gasteiger partial charge in [-0.2, -0.15) is 0 Å². The zero-order valence-electron chi connectivity index (χ0n) is 15.8. The van der Waals surface area contributed by atoms with Crippen LogP contribution in [0.5, 0.6) is 0 Å². The first-order chi connectivity index (χ1) is 12.1. The number of likely N-dealkylation sites (N-methyl/N-ethyl adjacent to an activating group) is 1. The number of likely N-dealkylation sites (tertiary alicyclic amines) is 1. The Labute approximate surface area is 156 Å². The predicted octanol–water partition coefficient (Wildman–Crippen LogP) is 2.93. The first kappa shape index (κ1) is 18.7. The molecule has 4 nitrogen and oxygen atoms in total. The summed E-state index contributed by atoms with van der Waals surface area (Å²) < 4.78 is 0. The zero-order chi connectivity index (χ0) is 17.9. The van der Waals surface area contributed by atoms with Crippen LogP contribution in [0.25, 0.3) is 0 Å². The molecule has 2 fully saturated rings. The maximum absolute atomic E-state index is 12.3. The van der Waals surface area contributed by atoms with Crippen molar-refractivity contribution in [3.63, 3.8) is 0 Å². The van der Waals surface area contributed by atoms with Crippen LogP contribution in [0.4, 0.5) is 0 Å². The van der Waals surface area contributed by atoms with Gasteiger partial charge in [-0.3, -0.25) is 14.6 Å². The van der Waals surface area contributed by atoms with Gasteiger partial charge in [0, 0.05) is 56.1 Å². The van der Waals surface area contributed by atoms with Crippen molar-refractivity contribution in [1.82, 2.24) is 14.7 Å². The van der Waals surface area contributed by atoms with E-state index in [-0.39, 0.29) is 5.54 Å². The molecule has 2 aliphatic heterocycles. The topological polar surface area (TPSA) is 26.8 Å². The molecule has 138 valence electrons. The molecule has 2 heterocycles. The van der Waals surface area contributed by atoms with Crippen molar-refractivity contribution in [2.75, 3.05) is 46.0 Å². The lowest BCUT2D eigenvalue weighted by atomic mass is 9.86. The monoisotopic (exact) mass is 361 g/mol. The van der Waals surface area contributed by atoms with E-state index in [9.17, 15) is 4.79 Å². The van der Waals surface area contributed by atoms with Crippen LogP contribution in [0.15, 0.2) is 29.2 Å². The largest absolute Gasteiger partial charge is 0.343 e. The third kappa shape index (κ3) is 4.04. The molecule has 1 amide bonds. The number of carbonyl (C=O) groups is 1. The fourth-order valence-electron chi connectivity index (χ4n) is 4.32. The molecule has 0 N–H and O–H groups in total. The summed E-state index contributed by atoms with van der Waals surface area (Å²) in [6.45, 7) is 8.09. The minimum absolute atomic E-state index is 0.145. The lowest BCUT2D eigenvalue weighted by Crippen LogP contribution is -2.60. The molecule has 0 bridgehead atoms. The minimum Gasteiger partial charge on any atom is -0.343 e. The van der Waals surface area contributed by atoms with Crippen molar-refractivity contribution >= 4 is 17.7 Å². The first-order valence-electron chi connectivity index (χ1n) is 9.41. The molecule has 1 aromatic carbocycles. The highest BCUT2D eigenvalue weighted by atomic mass is 32.2. The van der Waals surface area contributed by atoms with E-state index in [1.165, 1.54) is 10.5 Å². The fraction of sp³-hybridized carbons (Fsp3) is 0.650. The Kier molecular flexibility index (Phi) is 6.08. The maximum atomic E-state index is 12.3. The lowest BCUT2D eigenvalue weighted by molar-refractivity contribution is -0.130. The molecular formula is C20H31N3OS. The highest BCUT2D eigenvalue weighted by molar-refractivity contribution is 7.98. The molecule has 25 heavy (non-hydrogen) atoms. The molecular weight excluding hydrogens is 330 g/mol. The third-order valence-electron chi connectivity index (χ3n) is 6.05. The summed E-state index contributed by atoms with van der Waals surface area (Å²) in [6.07, 6.45) is 4.91. The number of nitrogens with zero attached hydrogens (tertiary/aromatic N) is 3. The SMILES string of the molecule is CCN1CC[C@]2(CCC1=O)CN(Cc1ccccc1SC)CCN2C. The van der Waals surface area contributed by atoms with Crippen molar-refractivity contribution in [2.45, 2.75) is 43.2 Å². The van der Waals surface area contributed by atoms with Gasteiger partial charge in [-0.25, -0.2) is 0 Å². The van der Waals surface area contributed by atoms with E-state index in [1.807, 2.05) is 16.7 Å². The second kappa shape index (κ2) is 8.11. The summed E-state index contributed by atoms with van der Waals surface area (Å²) in [4.78, 5) is 20.9. The van der Waals surface area contributed by atoms with Gasteiger partial charge >= 0.3 is 0 Å². The molecule has 0 radical (unpaired) electrons. The molecule has 0 aromatic heterocycles. The van der Waals surface area contributed by atoms with Crippen LogP contribution in [-0.4, -0.2) is 72.2 Å². The molecule has 0 aliphatic carbocycles. The van der Waals surface area contributed by atoms with Crippen molar-refractivity contribution < 1.29 is 4.79 Å². The van der Waals surface area contributed by atoms with Gasteiger partial charge in [-0.05, 0) is 44.7 Å². The van der Waals surface area contributed by atoms with Crippen LogP contribution in [0.2, 0.25) is 0 Å². The van der Waals surface area contributed by atoms with Crippen molar-refractivity contribution in [1.29, 1.82) is 0 Å². The normalized spacial score (nSPS) is 26.2. The van der Waals surface area contributed by atoms with Crippen LogP contribution in [-0.2, 0) is 11.3 Å². The summed E-state index contributed by atoms with van der Waals surface area (Å²) in [6, 6.07) is 8.74. The average Bonchev–Trinajstić information content (AvgIpc) is 2.79. The number of benzene rings is 1. The van der Waals surface area contributed by atoms with E-state index in [0.717, 1.165) is 52.1 Å². The smallest absolute Gasteiger partial charge is 0.222 e. The van der Waals surface area contributed by atoms with E-state index in [2.05, 4.69) is 54.3 Å². The van der Waals surface area contributed by atoms with Crippen LogP contribution >= 0.6 is 11.8 Å². The zero-order valence-corrected chi connectivity index (χ0v) is 16.6. The number of piperazine rings is 1. The van der Waals surface area contributed by atoms with Gasteiger partial charge in [0.2, 0.25) is 5.91 Å². The molecule has 1 aromatic rings. The Morgan fingerprint density at radius 1 is 1.16 bits per heavy atom.